The summed E-state index contributed by atoms with van der Waals surface area (Å²) in [7, 11) is 7.53. The molecular formula is C25H32O9. The van der Waals surface area contributed by atoms with E-state index in [4.69, 9.17) is 38.3 Å². The van der Waals surface area contributed by atoms with Crippen LogP contribution in [0, 0.1) is 0 Å². The van der Waals surface area contributed by atoms with Gasteiger partial charge in [0.25, 0.3) is 0 Å². The predicted octanol–water partition coefficient (Wildman–Crippen LogP) is 3.81. The van der Waals surface area contributed by atoms with Crippen LogP contribution in [0.3, 0.4) is 0 Å². The van der Waals surface area contributed by atoms with Gasteiger partial charge in [0.1, 0.15) is 6.10 Å². The Kier molecular flexibility index (Phi) is 9.88. The van der Waals surface area contributed by atoms with Gasteiger partial charge in [-0.15, -0.1) is 0 Å². The molecule has 0 aliphatic carbocycles. The molecule has 0 aliphatic heterocycles. The van der Waals surface area contributed by atoms with Crippen LogP contribution in [0.1, 0.15) is 31.1 Å². The predicted molar refractivity (Wildman–Crippen MR) is 126 cm³/mol. The summed E-state index contributed by atoms with van der Waals surface area (Å²) in [4.78, 5) is 12.0. The van der Waals surface area contributed by atoms with E-state index in [9.17, 15) is 4.79 Å². The normalized spacial score (nSPS) is 12.6. The molecule has 2 aromatic carbocycles. The minimum atomic E-state index is -0.824. The summed E-state index contributed by atoms with van der Waals surface area (Å²) in [6, 6.07) is 6.89. The second-order valence-electron chi connectivity index (χ2n) is 7.15. The number of carbonyl (C=O) groups excluding carboxylic acids is 1. The van der Waals surface area contributed by atoms with Gasteiger partial charge in [-0.1, -0.05) is 12.2 Å². The fourth-order valence-electron chi connectivity index (χ4n) is 3.43. The van der Waals surface area contributed by atoms with Gasteiger partial charge in [-0.3, -0.25) is 4.79 Å². The van der Waals surface area contributed by atoms with Gasteiger partial charge >= 0.3 is 5.97 Å². The minimum Gasteiger partial charge on any atom is -0.493 e. The van der Waals surface area contributed by atoms with Gasteiger partial charge < -0.3 is 38.3 Å². The van der Waals surface area contributed by atoms with Crippen molar-refractivity contribution in [1.82, 2.24) is 0 Å². The third-order valence-electron chi connectivity index (χ3n) is 4.94. The Hall–Kier alpha value is -3.59. The minimum absolute atomic E-state index is 0.0984. The van der Waals surface area contributed by atoms with Crippen molar-refractivity contribution in [3.8, 4) is 34.5 Å². The molecule has 0 unspecified atom stereocenters. The molecule has 1 N–H and O–H groups in total. The average molecular weight is 477 g/mol. The van der Waals surface area contributed by atoms with Crippen molar-refractivity contribution in [2.45, 2.75) is 26.1 Å². The van der Waals surface area contributed by atoms with Crippen LogP contribution in [0.4, 0.5) is 0 Å². The molecule has 2 aromatic rings. The van der Waals surface area contributed by atoms with Crippen molar-refractivity contribution in [3.63, 3.8) is 0 Å². The van der Waals surface area contributed by atoms with Crippen molar-refractivity contribution in [1.29, 1.82) is 0 Å². The summed E-state index contributed by atoms with van der Waals surface area (Å²) >= 11 is 0. The van der Waals surface area contributed by atoms with Crippen molar-refractivity contribution in [2.75, 3.05) is 42.2 Å². The second-order valence-corrected chi connectivity index (χ2v) is 7.15. The van der Waals surface area contributed by atoms with E-state index in [-0.39, 0.29) is 6.61 Å². The van der Waals surface area contributed by atoms with E-state index in [1.807, 2.05) is 0 Å². The quantitative estimate of drug-likeness (QED) is 0.458. The Morgan fingerprint density at radius 3 is 1.76 bits per heavy atom. The van der Waals surface area contributed by atoms with Crippen LogP contribution >= 0.6 is 0 Å². The molecule has 2 rings (SSSR count). The highest BCUT2D eigenvalue weighted by Gasteiger charge is 2.29. The maximum Gasteiger partial charge on any atom is 0.303 e. The molecule has 2 atom stereocenters. The fourth-order valence-corrected chi connectivity index (χ4v) is 3.43. The van der Waals surface area contributed by atoms with Gasteiger partial charge in [0, 0.05) is 12.5 Å². The number of aliphatic hydroxyl groups is 1. The van der Waals surface area contributed by atoms with Crippen LogP contribution in [0.15, 0.2) is 30.3 Å². The highest BCUT2D eigenvalue weighted by molar-refractivity contribution is 5.67. The van der Waals surface area contributed by atoms with Gasteiger partial charge in [-0.05, 0) is 36.8 Å². The van der Waals surface area contributed by atoms with E-state index in [1.165, 1.54) is 42.5 Å². The Morgan fingerprint density at radius 1 is 0.853 bits per heavy atom. The summed E-state index contributed by atoms with van der Waals surface area (Å²) in [6.07, 6.45) is 1.83. The van der Waals surface area contributed by atoms with Gasteiger partial charge in [0.2, 0.25) is 11.5 Å². The lowest BCUT2D eigenvalue weighted by molar-refractivity contribution is -0.151. The molecule has 0 aliphatic rings. The van der Waals surface area contributed by atoms with E-state index >= 15 is 0 Å². The van der Waals surface area contributed by atoms with Crippen LogP contribution in [-0.4, -0.2) is 59.3 Å². The van der Waals surface area contributed by atoms with Gasteiger partial charge in [0.05, 0.1) is 42.2 Å². The third-order valence-corrected chi connectivity index (χ3v) is 4.94. The van der Waals surface area contributed by atoms with Gasteiger partial charge in [0.15, 0.2) is 29.1 Å². The van der Waals surface area contributed by atoms with Crippen LogP contribution in [0.5, 0.6) is 34.5 Å². The summed E-state index contributed by atoms with van der Waals surface area (Å²) in [5.41, 5.74) is 1.33. The van der Waals surface area contributed by atoms with Crippen molar-refractivity contribution in [2.24, 2.45) is 0 Å². The lowest BCUT2D eigenvalue weighted by Crippen LogP contribution is -2.26. The maximum absolute atomic E-state index is 12.0. The average Bonchev–Trinajstić information content (AvgIpc) is 2.84. The van der Waals surface area contributed by atoms with Crippen LogP contribution in [0.25, 0.3) is 6.08 Å². The lowest BCUT2D eigenvalue weighted by Gasteiger charge is -2.27. The van der Waals surface area contributed by atoms with Gasteiger partial charge in [-0.25, -0.2) is 0 Å². The Balaban J connectivity index is 2.53. The molecule has 9 heteroatoms. The molecular weight excluding hydrogens is 444 g/mol. The molecule has 0 fully saturated rings. The molecule has 186 valence electrons. The fraction of sp³-hybridized carbons (Fsp3) is 0.400. The number of benzene rings is 2. The Labute approximate surface area is 199 Å². The Morgan fingerprint density at radius 2 is 1.35 bits per heavy atom. The zero-order valence-electron chi connectivity index (χ0n) is 20.5. The number of hydrogen-bond acceptors (Lipinski definition) is 9. The highest BCUT2D eigenvalue weighted by atomic mass is 16.6. The van der Waals surface area contributed by atoms with E-state index in [0.717, 1.165) is 5.56 Å². The number of ether oxygens (including phenoxy) is 7. The molecule has 0 saturated carbocycles. The summed E-state index contributed by atoms with van der Waals surface area (Å²) in [5, 5.41) is 9.06. The molecule has 0 spiro atoms. The molecule has 0 radical (unpaired) electrons. The molecule has 0 aromatic heterocycles. The number of rotatable bonds is 12. The first-order valence-corrected chi connectivity index (χ1v) is 10.5. The first-order valence-electron chi connectivity index (χ1n) is 10.5. The highest BCUT2D eigenvalue weighted by Crippen LogP contribution is 2.44. The Bertz CT molecular complexity index is 950. The lowest BCUT2D eigenvalue weighted by atomic mass is 10.0. The molecule has 0 heterocycles. The molecule has 0 amide bonds. The zero-order chi connectivity index (χ0) is 25.3. The number of carbonyl (C=O) groups is 1. The molecule has 0 saturated heterocycles. The first-order chi connectivity index (χ1) is 16.3. The van der Waals surface area contributed by atoms with Crippen LogP contribution < -0.4 is 28.4 Å². The SMILES string of the molecule is COc1cc([C@@H](OC(C)=O)[C@@H](C)Oc2c(OC)cc(/C=C/CO)cc2OC)cc(OC)c1OC. The summed E-state index contributed by atoms with van der Waals surface area (Å²) in [5.74, 6) is 1.91. The van der Waals surface area contributed by atoms with Crippen molar-refractivity contribution < 1.29 is 43.1 Å². The van der Waals surface area contributed by atoms with E-state index in [0.29, 0.717) is 40.1 Å². The summed E-state index contributed by atoms with van der Waals surface area (Å²) in [6.45, 7) is 2.98. The largest absolute Gasteiger partial charge is 0.493 e. The second kappa shape index (κ2) is 12.6. The first kappa shape index (κ1) is 26.7. The molecule has 9 nitrogen and oxygen atoms in total. The third kappa shape index (κ3) is 6.26. The number of methoxy groups -OCH3 is 5. The standard InChI is InChI=1S/C25H32O9/c1-15(33-25-19(28-3)11-17(9-8-10-26)12-20(25)29-4)23(34-16(2)27)18-13-21(30-5)24(32-7)22(14-18)31-6/h8-9,11-15,23,26H,10H2,1-7H3/b9-8+/t15-,23+/m1/s1. The smallest absolute Gasteiger partial charge is 0.303 e. The zero-order valence-corrected chi connectivity index (χ0v) is 20.5. The molecule has 34 heavy (non-hydrogen) atoms. The van der Waals surface area contributed by atoms with Crippen LogP contribution in [-0.2, 0) is 9.53 Å². The topological polar surface area (TPSA) is 102 Å². The van der Waals surface area contributed by atoms with Crippen molar-refractivity contribution >= 4 is 12.0 Å². The van der Waals surface area contributed by atoms with E-state index in [2.05, 4.69) is 0 Å². The number of esters is 1. The van der Waals surface area contributed by atoms with Crippen LogP contribution in [0.2, 0.25) is 0 Å². The number of aliphatic hydroxyl groups excluding tert-OH is 1. The van der Waals surface area contributed by atoms with Gasteiger partial charge in [-0.2, -0.15) is 0 Å². The van der Waals surface area contributed by atoms with Crippen molar-refractivity contribution in [3.05, 3.63) is 41.5 Å². The number of hydrogen-bond donors (Lipinski definition) is 1. The maximum atomic E-state index is 12.0. The summed E-state index contributed by atoms with van der Waals surface area (Å²) < 4.78 is 39.2. The molecule has 0 bridgehead atoms. The van der Waals surface area contributed by atoms with E-state index in [1.54, 1.807) is 43.3 Å². The van der Waals surface area contributed by atoms with E-state index < -0.39 is 18.2 Å². The monoisotopic (exact) mass is 476 g/mol.